The molecule has 3 heterocycles. The summed E-state index contributed by atoms with van der Waals surface area (Å²) < 4.78 is 0. The van der Waals surface area contributed by atoms with Crippen LogP contribution in [0.15, 0.2) is 91.3 Å². The molecule has 7 nitrogen and oxygen atoms in total. The molecule has 6 rings (SSSR count). The van der Waals surface area contributed by atoms with Gasteiger partial charge in [-0.3, -0.25) is 19.8 Å². The highest BCUT2D eigenvalue weighted by Gasteiger charge is 2.18. The molecule has 0 bridgehead atoms. The molecule has 3 aromatic carbocycles. The number of nitrogens with zero attached hydrogens (tertiary/aromatic N) is 3. The highest BCUT2D eigenvalue weighted by molar-refractivity contribution is 6.11. The molecule has 7 heteroatoms. The van der Waals surface area contributed by atoms with E-state index < -0.39 is 0 Å². The number of hydrogen-bond donors (Lipinski definition) is 3. The summed E-state index contributed by atoms with van der Waals surface area (Å²) in [6, 6.07) is 26.3. The van der Waals surface area contributed by atoms with Gasteiger partial charge in [0.05, 0.1) is 11.6 Å². The van der Waals surface area contributed by atoms with Gasteiger partial charge in [0.15, 0.2) is 5.69 Å². The molecular formula is C32H31N5O2. The Labute approximate surface area is 227 Å². The van der Waals surface area contributed by atoms with Gasteiger partial charge in [0.1, 0.15) is 0 Å². The third-order valence-corrected chi connectivity index (χ3v) is 7.31. The second kappa shape index (κ2) is 11.2. The van der Waals surface area contributed by atoms with E-state index in [2.05, 4.69) is 49.7 Å². The number of aromatic amines is 1. The number of carbonyl (C=O) groups excluding carboxylic acids is 1. The van der Waals surface area contributed by atoms with Crippen molar-refractivity contribution in [2.75, 3.05) is 18.4 Å². The summed E-state index contributed by atoms with van der Waals surface area (Å²) in [5.41, 5.74) is 7.35. The maximum absolute atomic E-state index is 13.3. The van der Waals surface area contributed by atoms with Crippen molar-refractivity contribution in [2.24, 2.45) is 0 Å². The number of fused-ring (bicyclic) bond motifs is 1. The first kappa shape index (κ1) is 25.0. The number of anilines is 1. The minimum atomic E-state index is -0.255. The van der Waals surface area contributed by atoms with Crippen molar-refractivity contribution in [3.8, 4) is 11.1 Å². The number of likely N-dealkylation sites (tertiary alicyclic amines) is 1. The molecule has 3 N–H and O–H groups in total. The first-order valence-corrected chi connectivity index (χ1v) is 13.4. The van der Waals surface area contributed by atoms with Gasteiger partial charge in [-0.2, -0.15) is 5.10 Å². The first-order chi connectivity index (χ1) is 19.1. The summed E-state index contributed by atoms with van der Waals surface area (Å²) >= 11 is 0. The fourth-order valence-electron chi connectivity index (χ4n) is 5.22. The van der Waals surface area contributed by atoms with Crippen molar-refractivity contribution in [2.45, 2.75) is 31.9 Å². The van der Waals surface area contributed by atoms with Gasteiger partial charge in [-0.25, -0.2) is 0 Å². The summed E-state index contributed by atoms with van der Waals surface area (Å²) in [4.78, 5) is 20.1. The van der Waals surface area contributed by atoms with Crippen LogP contribution in [0.25, 0.3) is 22.0 Å². The molecule has 1 fully saturated rings. The first-order valence-electron chi connectivity index (χ1n) is 13.4. The second-order valence-electron chi connectivity index (χ2n) is 10.2. The number of H-pyrrole nitrogens is 1. The molecule has 0 saturated carbocycles. The van der Waals surface area contributed by atoms with E-state index >= 15 is 0 Å². The van der Waals surface area contributed by atoms with Gasteiger partial charge in [-0.15, -0.1) is 0 Å². The molecular weight excluding hydrogens is 486 g/mol. The fourth-order valence-corrected chi connectivity index (χ4v) is 5.22. The molecule has 0 atom stereocenters. The van der Waals surface area contributed by atoms with Crippen molar-refractivity contribution in [3.63, 3.8) is 0 Å². The van der Waals surface area contributed by atoms with Crippen LogP contribution in [0.1, 0.15) is 40.0 Å². The van der Waals surface area contributed by atoms with E-state index in [0.29, 0.717) is 5.69 Å². The second-order valence-corrected chi connectivity index (χ2v) is 10.2. The van der Waals surface area contributed by atoms with Crippen LogP contribution in [0.2, 0.25) is 0 Å². The van der Waals surface area contributed by atoms with E-state index in [1.165, 1.54) is 5.56 Å². The zero-order valence-corrected chi connectivity index (χ0v) is 21.7. The highest BCUT2D eigenvalue weighted by atomic mass is 16.3. The summed E-state index contributed by atoms with van der Waals surface area (Å²) in [7, 11) is 0. The van der Waals surface area contributed by atoms with Crippen LogP contribution in [0.5, 0.6) is 0 Å². The Balaban J connectivity index is 1.20. The van der Waals surface area contributed by atoms with Gasteiger partial charge >= 0.3 is 0 Å². The summed E-state index contributed by atoms with van der Waals surface area (Å²) in [5.74, 6) is -0.255. The van der Waals surface area contributed by atoms with Crippen molar-refractivity contribution in [3.05, 3.63) is 114 Å². The monoisotopic (exact) mass is 517 g/mol. The van der Waals surface area contributed by atoms with E-state index in [1.807, 2.05) is 67.0 Å². The predicted molar refractivity (Wildman–Crippen MR) is 153 cm³/mol. The SMILES string of the molecule is O=C(Nc1cccc(Cc2ccccc2)c1)c1n[nH]c2ccc(-c3cncc(CN4CCC(O)CC4)c3)cc12. The maximum Gasteiger partial charge on any atom is 0.276 e. The quantitative estimate of drug-likeness (QED) is 0.268. The number of rotatable bonds is 7. The van der Waals surface area contributed by atoms with Gasteiger partial charge in [0, 0.05) is 48.7 Å². The molecule has 2 aromatic heterocycles. The van der Waals surface area contributed by atoms with Gasteiger partial charge in [0.25, 0.3) is 5.91 Å². The van der Waals surface area contributed by atoms with Crippen LogP contribution in [0.4, 0.5) is 5.69 Å². The molecule has 0 aliphatic carbocycles. The Kier molecular flexibility index (Phi) is 7.17. The Hall–Kier alpha value is -4.33. The lowest BCUT2D eigenvalue weighted by molar-refractivity contribution is 0.0792. The zero-order valence-electron chi connectivity index (χ0n) is 21.7. The average Bonchev–Trinajstić information content (AvgIpc) is 3.39. The Morgan fingerprint density at radius 3 is 2.56 bits per heavy atom. The zero-order chi connectivity index (χ0) is 26.6. The molecule has 1 saturated heterocycles. The molecule has 0 radical (unpaired) electrons. The predicted octanol–water partition coefficient (Wildman–Crippen LogP) is 5.42. The Morgan fingerprint density at radius 2 is 1.72 bits per heavy atom. The standard InChI is InChI=1S/C32H31N5O2/c38-28-11-13-37(14-12-28)21-24-16-26(20-33-19-24)25-9-10-30-29(18-25)31(36-35-30)32(39)34-27-8-4-7-23(17-27)15-22-5-2-1-3-6-22/h1-10,16-20,28,38H,11-15,21H2,(H,34,39)(H,35,36). The van der Waals surface area contributed by atoms with Gasteiger partial charge < -0.3 is 10.4 Å². The molecule has 5 aromatic rings. The third-order valence-electron chi connectivity index (χ3n) is 7.31. The summed E-state index contributed by atoms with van der Waals surface area (Å²) in [5, 5.41) is 20.9. The van der Waals surface area contributed by atoms with E-state index in [9.17, 15) is 9.90 Å². The lowest BCUT2D eigenvalue weighted by Gasteiger charge is -2.29. The fraction of sp³-hybridized carbons (Fsp3) is 0.219. The van der Waals surface area contributed by atoms with E-state index in [0.717, 1.165) is 77.7 Å². The molecule has 0 spiro atoms. The number of aromatic nitrogens is 3. The smallest absolute Gasteiger partial charge is 0.276 e. The number of amides is 1. The lowest BCUT2D eigenvalue weighted by atomic mass is 10.0. The molecule has 1 aliphatic rings. The summed E-state index contributed by atoms with van der Waals surface area (Å²) in [6.07, 6.45) is 5.99. The van der Waals surface area contributed by atoms with Crippen molar-refractivity contribution < 1.29 is 9.90 Å². The Bertz CT molecular complexity index is 1590. The number of benzene rings is 3. The molecule has 196 valence electrons. The third kappa shape index (κ3) is 5.90. The normalized spacial score (nSPS) is 14.5. The lowest BCUT2D eigenvalue weighted by Crippen LogP contribution is -2.35. The molecule has 0 unspecified atom stereocenters. The summed E-state index contributed by atoms with van der Waals surface area (Å²) in [6.45, 7) is 2.58. The van der Waals surface area contributed by atoms with Gasteiger partial charge in [0.2, 0.25) is 0 Å². The molecule has 1 amide bonds. The van der Waals surface area contributed by atoms with Crippen molar-refractivity contribution in [1.29, 1.82) is 0 Å². The van der Waals surface area contributed by atoms with Crippen LogP contribution in [0.3, 0.4) is 0 Å². The number of hydrogen-bond acceptors (Lipinski definition) is 5. The number of carbonyl (C=O) groups is 1. The van der Waals surface area contributed by atoms with E-state index in [4.69, 9.17) is 0 Å². The Morgan fingerprint density at radius 1 is 0.897 bits per heavy atom. The largest absolute Gasteiger partial charge is 0.393 e. The van der Waals surface area contributed by atoms with Gasteiger partial charge in [-0.1, -0.05) is 48.5 Å². The van der Waals surface area contributed by atoms with Crippen LogP contribution < -0.4 is 5.32 Å². The number of aliphatic hydroxyl groups excluding tert-OH is 1. The number of piperidine rings is 1. The number of aliphatic hydroxyl groups is 1. The molecule has 39 heavy (non-hydrogen) atoms. The topological polar surface area (TPSA) is 94.1 Å². The number of nitrogens with one attached hydrogen (secondary N) is 2. The van der Waals surface area contributed by atoms with Crippen LogP contribution in [-0.2, 0) is 13.0 Å². The number of pyridine rings is 1. The van der Waals surface area contributed by atoms with E-state index in [1.54, 1.807) is 0 Å². The van der Waals surface area contributed by atoms with Crippen molar-refractivity contribution >= 4 is 22.5 Å². The minimum Gasteiger partial charge on any atom is -0.393 e. The maximum atomic E-state index is 13.3. The van der Waals surface area contributed by atoms with Crippen molar-refractivity contribution in [1.82, 2.24) is 20.1 Å². The molecule has 1 aliphatic heterocycles. The van der Waals surface area contributed by atoms with Crippen LogP contribution in [-0.4, -0.2) is 50.3 Å². The van der Waals surface area contributed by atoms with Crippen LogP contribution >= 0.6 is 0 Å². The minimum absolute atomic E-state index is 0.183. The van der Waals surface area contributed by atoms with Gasteiger partial charge in [-0.05, 0) is 71.8 Å². The van der Waals surface area contributed by atoms with E-state index in [-0.39, 0.29) is 12.0 Å². The average molecular weight is 518 g/mol. The highest BCUT2D eigenvalue weighted by Crippen LogP contribution is 2.27. The van der Waals surface area contributed by atoms with Crippen LogP contribution in [0, 0.1) is 0 Å².